The lowest BCUT2D eigenvalue weighted by Gasteiger charge is -2.47. The second-order valence-electron chi connectivity index (χ2n) is 8.37. The molecule has 3 unspecified atom stereocenters. The van der Waals surface area contributed by atoms with Crippen molar-refractivity contribution in [3.63, 3.8) is 0 Å². The van der Waals surface area contributed by atoms with Gasteiger partial charge in [-0.2, -0.15) is 0 Å². The number of nitrogens with zero attached hydrogens (tertiary/aromatic N) is 1. The van der Waals surface area contributed by atoms with Gasteiger partial charge in [0.2, 0.25) is 0 Å². The SMILES string of the molecule is CCCCCC(=O)OC1CCCC2=C1CC1CCCN(CCC)C1C2. The molecular weight excluding hydrogens is 310 g/mol. The Bertz CT molecular complexity index is 482. The van der Waals surface area contributed by atoms with Gasteiger partial charge >= 0.3 is 5.97 Å². The first kappa shape index (κ1) is 18.9. The number of carbonyl (C=O) groups excluding carboxylic acids is 1. The summed E-state index contributed by atoms with van der Waals surface area (Å²) in [6.45, 7) is 7.01. The zero-order valence-electron chi connectivity index (χ0n) is 16.4. The van der Waals surface area contributed by atoms with E-state index >= 15 is 0 Å². The Hall–Kier alpha value is -0.830. The highest BCUT2D eigenvalue weighted by molar-refractivity contribution is 5.69. The molecule has 0 bridgehead atoms. The predicted octanol–water partition coefficient (Wildman–Crippen LogP) is 5.24. The number of esters is 1. The number of hydrogen-bond donors (Lipinski definition) is 0. The molecule has 3 rings (SSSR count). The molecule has 0 spiro atoms. The molecule has 0 amide bonds. The molecule has 1 aliphatic heterocycles. The van der Waals surface area contributed by atoms with E-state index in [1.165, 1.54) is 63.6 Å². The molecule has 0 saturated carbocycles. The van der Waals surface area contributed by atoms with E-state index < -0.39 is 0 Å². The van der Waals surface area contributed by atoms with E-state index in [1.807, 2.05) is 0 Å². The van der Waals surface area contributed by atoms with Gasteiger partial charge in [0.25, 0.3) is 0 Å². The maximum Gasteiger partial charge on any atom is 0.306 e. The summed E-state index contributed by atoms with van der Waals surface area (Å²) in [6.07, 6.45) is 13.8. The number of likely N-dealkylation sites (tertiary alicyclic amines) is 1. The lowest BCUT2D eigenvalue weighted by Crippen LogP contribution is -2.48. The van der Waals surface area contributed by atoms with Crippen LogP contribution in [0.2, 0.25) is 0 Å². The molecule has 2 aliphatic carbocycles. The van der Waals surface area contributed by atoms with Crippen LogP contribution in [0.5, 0.6) is 0 Å². The Morgan fingerprint density at radius 2 is 2.00 bits per heavy atom. The second kappa shape index (κ2) is 9.21. The standard InChI is InChI=1S/C22H37NO2/c1-3-5-6-12-22(24)25-21-11-7-9-17-16-20-18(15-19(17)21)10-8-14-23(20)13-4-2/h18,20-21H,3-16H2,1-2H3. The highest BCUT2D eigenvalue weighted by Gasteiger charge is 2.39. The molecule has 3 nitrogen and oxygen atoms in total. The molecule has 3 heteroatoms. The topological polar surface area (TPSA) is 29.5 Å². The normalized spacial score (nSPS) is 29.9. The lowest BCUT2D eigenvalue weighted by molar-refractivity contribution is -0.148. The molecule has 0 aromatic carbocycles. The van der Waals surface area contributed by atoms with Crippen LogP contribution in [0.4, 0.5) is 0 Å². The molecule has 3 aliphatic rings. The van der Waals surface area contributed by atoms with Crippen LogP contribution < -0.4 is 0 Å². The van der Waals surface area contributed by atoms with E-state index in [9.17, 15) is 4.79 Å². The van der Waals surface area contributed by atoms with Gasteiger partial charge in [-0.25, -0.2) is 0 Å². The van der Waals surface area contributed by atoms with E-state index in [0.717, 1.165) is 37.6 Å². The van der Waals surface area contributed by atoms with Crippen LogP contribution in [0, 0.1) is 5.92 Å². The predicted molar refractivity (Wildman–Crippen MR) is 103 cm³/mol. The van der Waals surface area contributed by atoms with Crippen LogP contribution in [0.25, 0.3) is 0 Å². The number of rotatable bonds is 7. The van der Waals surface area contributed by atoms with Crippen molar-refractivity contribution < 1.29 is 9.53 Å². The fourth-order valence-corrected chi connectivity index (χ4v) is 5.29. The summed E-state index contributed by atoms with van der Waals surface area (Å²) >= 11 is 0. The summed E-state index contributed by atoms with van der Waals surface area (Å²) in [5, 5.41) is 0. The van der Waals surface area contributed by atoms with Crippen LogP contribution in [0.1, 0.15) is 90.9 Å². The summed E-state index contributed by atoms with van der Waals surface area (Å²) in [4.78, 5) is 15.0. The molecule has 0 radical (unpaired) electrons. The second-order valence-corrected chi connectivity index (χ2v) is 8.37. The van der Waals surface area contributed by atoms with Crippen molar-refractivity contribution in [1.82, 2.24) is 4.90 Å². The number of unbranched alkanes of at least 4 members (excludes halogenated alkanes) is 2. The fraction of sp³-hybridized carbons (Fsp3) is 0.864. The molecule has 1 fully saturated rings. The highest BCUT2D eigenvalue weighted by Crippen LogP contribution is 2.44. The Balaban J connectivity index is 1.64. The third-order valence-electron chi connectivity index (χ3n) is 6.53. The Labute approximate surface area is 154 Å². The summed E-state index contributed by atoms with van der Waals surface area (Å²) in [5.41, 5.74) is 3.16. The van der Waals surface area contributed by atoms with Gasteiger partial charge in [0.05, 0.1) is 0 Å². The largest absolute Gasteiger partial charge is 0.458 e. The highest BCUT2D eigenvalue weighted by atomic mass is 16.5. The van der Waals surface area contributed by atoms with Crippen LogP contribution >= 0.6 is 0 Å². The fourth-order valence-electron chi connectivity index (χ4n) is 5.29. The van der Waals surface area contributed by atoms with Gasteiger partial charge in [0, 0.05) is 12.5 Å². The number of carbonyl (C=O) groups is 1. The first-order valence-corrected chi connectivity index (χ1v) is 10.9. The van der Waals surface area contributed by atoms with Crippen molar-refractivity contribution in [2.45, 2.75) is 103 Å². The lowest BCUT2D eigenvalue weighted by atomic mass is 9.70. The summed E-state index contributed by atoms with van der Waals surface area (Å²) in [7, 11) is 0. The van der Waals surface area contributed by atoms with E-state index in [0.29, 0.717) is 6.42 Å². The van der Waals surface area contributed by atoms with Gasteiger partial charge in [0.1, 0.15) is 6.10 Å². The van der Waals surface area contributed by atoms with Crippen LogP contribution in [0.3, 0.4) is 0 Å². The first-order chi connectivity index (χ1) is 12.2. The van der Waals surface area contributed by atoms with Crippen LogP contribution in [0.15, 0.2) is 11.1 Å². The Kier molecular flexibility index (Phi) is 6.98. The van der Waals surface area contributed by atoms with Crippen molar-refractivity contribution in [1.29, 1.82) is 0 Å². The van der Waals surface area contributed by atoms with Crippen molar-refractivity contribution >= 4 is 5.97 Å². The van der Waals surface area contributed by atoms with Crippen molar-refractivity contribution in [2.75, 3.05) is 13.1 Å². The molecule has 1 saturated heterocycles. The molecule has 25 heavy (non-hydrogen) atoms. The van der Waals surface area contributed by atoms with E-state index in [-0.39, 0.29) is 12.1 Å². The third kappa shape index (κ3) is 4.67. The number of ether oxygens (including phenoxy) is 1. The van der Waals surface area contributed by atoms with Crippen LogP contribution in [-0.4, -0.2) is 36.1 Å². The van der Waals surface area contributed by atoms with Crippen LogP contribution in [-0.2, 0) is 9.53 Å². The van der Waals surface area contributed by atoms with Crippen molar-refractivity contribution in [2.24, 2.45) is 5.92 Å². The third-order valence-corrected chi connectivity index (χ3v) is 6.53. The van der Waals surface area contributed by atoms with Gasteiger partial charge in [-0.3, -0.25) is 9.69 Å². The minimum absolute atomic E-state index is 0.0329. The minimum Gasteiger partial charge on any atom is -0.458 e. The molecule has 3 atom stereocenters. The molecule has 0 N–H and O–H groups in total. The smallest absolute Gasteiger partial charge is 0.306 e. The van der Waals surface area contributed by atoms with Gasteiger partial charge in [0.15, 0.2) is 0 Å². The van der Waals surface area contributed by atoms with Gasteiger partial charge in [-0.15, -0.1) is 0 Å². The number of hydrogen-bond acceptors (Lipinski definition) is 3. The van der Waals surface area contributed by atoms with Crippen molar-refractivity contribution in [3.8, 4) is 0 Å². The van der Waals surface area contributed by atoms with Gasteiger partial charge in [-0.1, -0.05) is 32.3 Å². The maximum absolute atomic E-state index is 12.2. The quantitative estimate of drug-likeness (QED) is 0.358. The molecule has 142 valence electrons. The average Bonchev–Trinajstić information content (AvgIpc) is 2.61. The molecule has 1 heterocycles. The van der Waals surface area contributed by atoms with E-state index in [2.05, 4.69) is 18.7 Å². The summed E-state index contributed by atoms with van der Waals surface area (Å²) < 4.78 is 5.95. The Morgan fingerprint density at radius 1 is 1.12 bits per heavy atom. The Morgan fingerprint density at radius 3 is 2.80 bits per heavy atom. The zero-order chi connectivity index (χ0) is 17.6. The average molecular weight is 348 g/mol. The van der Waals surface area contributed by atoms with Crippen molar-refractivity contribution in [3.05, 3.63) is 11.1 Å². The molecule has 0 aromatic heterocycles. The number of piperidine rings is 1. The summed E-state index contributed by atoms with van der Waals surface area (Å²) in [5.74, 6) is 0.823. The number of fused-ring (bicyclic) bond motifs is 1. The molecular formula is C22H37NO2. The monoisotopic (exact) mass is 347 g/mol. The summed E-state index contributed by atoms with van der Waals surface area (Å²) in [6, 6.07) is 0.756. The maximum atomic E-state index is 12.2. The zero-order valence-corrected chi connectivity index (χ0v) is 16.4. The minimum atomic E-state index is 0.0329. The first-order valence-electron chi connectivity index (χ1n) is 10.9. The van der Waals surface area contributed by atoms with Gasteiger partial charge in [-0.05, 0) is 82.4 Å². The van der Waals surface area contributed by atoms with E-state index in [4.69, 9.17) is 4.74 Å². The molecule has 0 aromatic rings. The van der Waals surface area contributed by atoms with Gasteiger partial charge < -0.3 is 4.74 Å². The van der Waals surface area contributed by atoms with E-state index in [1.54, 1.807) is 5.57 Å².